The molecule has 1 unspecified atom stereocenters. The Morgan fingerprint density at radius 2 is 2.11 bits per heavy atom. The molecular formula is C21H27ClN4O. The van der Waals surface area contributed by atoms with E-state index in [2.05, 4.69) is 21.5 Å². The van der Waals surface area contributed by atoms with Gasteiger partial charge in [0.25, 0.3) is 0 Å². The number of piperidine rings is 1. The number of aryl methyl sites for hydroxylation is 1. The Bertz CT molecular complexity index is 797. The van der Waals surface area contributed by atoms with Gasteiger partial charge in [-0.2, -0.15) is 5.10 Å². The fourth-order valence-corrected chi connectivity index (χ4v) is 4.35. The third kappa shape index (κ3) is 4.19. The van der Waals surface area contributed by atoms with E-state index < -0.39 is 0 Å². The molecule has 2 aromatic rings. The van der Waals surface area contributed by atoms with Gasteiger partial charge in [-0.05, 0) is 55.8 Å². The standard InChI is InChI=1S/C21H27ClN4O/c1-25-13-17(12-24-25)15-26-10-2-3-16(14-26)11-23-20(27)21(8-9-21)18-4-6-19(22)7-5-18/h4-7,12-13,16H,2-3,8-11,14-15H2,1H3,(H,23,27). The van der Waals surface area contributed by atoms with Crippen molar-refractivity contribution in [3.05, 3.63) is 52.8 Å². The van der Waals surface area contributed by atoms with Gasteiger partial charge in [-0.15, -0.1) is 0 Å². The predicted molar refractivity (Wildman–Crippen MR) is 107 cm³/mol. The lowest BCUT2D eigenvalue weighted by Gasteiger charge is -2.32. The molecule has 1 saturated heterocycles. The van der Waals surface area contributed by atoms with E-state index in [1.165, 1.54) is 18.4 Å². The van der Waals surface area contributed by atoms with Gasteiger partial charge in [-0.25, -0.2) is 0 Å². The predicted octanol–water partition coefficient (Wildman–Crippen LogP) is 3.13. The molecule has 0 radical (unpaired) electrons. The van der Waals surface area contributed by atoms with Gasteiger partial charge in [0.1, 0.15) is 0 Å². The topological polar surface area (TPSA) is 50.2 Å². The maximum atomic E-state index is 12.9. The first-order chi connectivity index (χ1) is 13.0. The minimum absolute atomic E-state index is 0.175. The minimum Gasteiger partial charge on any atom is -0.355 e. The van der Waals surface area contributed by atoms with Crippen LogP contribution in [-0.4, -0.2) is 40.2 Å². The Kier molecular flexibility index (Phi) is 5.24. The van der Waals surface area contributed by atoms with Crippen LogP contribution in [0.4, 0.5) is 0 Å². The largest absolute Gasteiger partial charge is 0.355 e. The highest BCUT2D eigenvalue weighted by Crippen LogP contribution is 2.48. The van der Waals surface area contributed by atoms with Crippen molar-refractivity contribution in [1.29, 1.82) is 0 Å². The number of halogens is 1. The second-order valence-corrected chi connectivity index (χ2v) is 8.50. The Labute approximate surface area is 165 Å². The van der Waals surface area contributed by atoms with E-state index in [-0.39, 0.29) is 11.3 Å². The van der Waals surface area contributed by atoms with Gasteiger partial charge < -0.3 is 5.32 Å². The van der Waals surface area contributed by atoms with E-state index in [4.69, 9.17) is 11.6 Å². The molecule has 144 valence electrons. The molecule has 2 fully saturated rings. The monoisotopic (exact) mass is 386 g/mol. The number of aromatic nitrogens is 2. The quantitative estimate of drug-likeness (QED) is 0.829. The van der Waals surface area contributed by atoms with Crippen molar-refractivity contribution in [3.63, 3.8) is 0 Å². The number of nitrogens with one attached hydrogen (secondary N) is 1. The molecule has 1 aromatic heterocycles. The minimum atomic E-state index is -0.325. The number of hydrogen-bond donors (Lipinski definition) is 1. The van der Waals surface area contributed by atoms with Gasteiger partial charge in [0, 0.05) is 43.5 Å². The van der Waals surface area contributed by atoms with Crippen LogP contribution in [0, 0.1) is 5.92 Å². The molecule has 4 rings (SSSR count). The number of carbonyl (C=O) groups is 1. The maximum Gasteiger partial charge on any atom is 0.230 e. The molecule has 0 spiro atoms. The van der Waals surface area contributed by atoms with E-state index in [9.17, 15) is 4.79 Å². The molecular weight excluding hydrogens is 360 g/mol. The van der Waals surface area contributed by atoms with Crippen LogP contribution in [0.2, 0.25) is 5.02 Å². The number of likely N-dealkylation sites (tertiary alicyclic amines) is 1. The van der Waals surface area contributed by atoms with Gasteiger partial charge in [0.05, 0.1) is 11.6 Å². The fourth-order valence-electron chi connectivity index (χ4n) is 4.22. The highest BCUT2D eigenvalue weighted by molar-refractivity contribution is 6.30. The first-order valence-electron chi connectivity index (χ1n) is 9.79. The SMILES string of the molecule is Cn1cc(CN2CCCC(CNC(=O)C3(c4ccc(Cl)cc4)CC3)C2)cn1. The van der Waals surface area contributed by atoms with Gasteiger partial charge in [0.15, 0.2) is 0 Å². The zero-order chi connectivity index (χ0) is 18.9. The summed E-state index contributed by atoms with van der Waals surface area (Å²) in [5, 5.41) is 8.21. The molecule has 2 aliphatic rings. The van der Waals surface area contributed by atoms with Crippen LogP contribution in [0.25, 0.3) is 0 Å². The smallest absolute Gasteiger partial charge is 0.230 e. The molecule has 1 N–H and O–H groups in total. The highest BCUT2D eigenvalue weighted by Gasteiger charge is 2.51. The zero-order valence-electron chi connectivity index (χ0n) is 15.8. The van der Waals surface area contributed by atoms with Crippen LogP contribution in [0.3, 0.4) is 0 Å². The van der Waals surface area contributed by atoms with Crippen molar-refractivity contribution in [2.45, 2.75) is 37.6 Å². The van der Waals surface area contributed by atoms with E-state index in [1.807, 2.05) is 42.2 Å². The van der Waals surface area contributed by atoms with Gasteiger partial charge >= 0.3 is 0 Å². The summed E-state index contributed by atoms with van der Waals surface area (Å²) in [7, 11) is 1.95. The summed E-state index contributed by atoms with van der Waals surface area (Å²) in [6, 6.07) is 7.74. The number of nitrogens with zero attached hydrogens (tertiary/aromatic N) is 3. The van der Waals surface area contributed by atoms with Gasteiger partial charge in [0.2, 0.25) is 5.91 Å². The lowest BCUT2D eigenvalue weighted by Crippen LogP contribution is -2.43. The molecule has 1 amide bonds. The maximum absolute atomic E-state index is 12.9. The first-order valence-corrected chi connectivity index (χ1v) is 10.2. The summed E-state index contributed by atoms with van der Waals surface area (Å²) in [5.41, 5.74) is 2.02. The number of carbonyl (C=O) groups excluding carboxylic acids is 1. The molecule has 1 aromatic carbocycles. The Balaban J connectivity index is 1.30. The average molecular weight is 387 g/mol. The molecule has 1 atom stereocenters. The van der Waals surface area contributed by atoms with Crippen molar-refractivity contribution < 1.29 is 4.79 Å². The lowest BCUT2D eigenvalue weighted by molar-refractivity contribution is -0.123. The van der Waals surface area contributed by atoms with Gasteiger partial charge in [-0.1, -0.05) is 23.7 Å². The molecule has 6 heteroatoms. The van der Waals surface area contributed by atoms with Crippen LogP contribution >= 0.6 is 11.6 Å². The lowest BCUT2D eigenvalue weighted by atomic mass is 9.93. The Morgan fingerprint density at radius 3 is 2.78 bits per heavy atom. The molecule has 2 heterocycles. The van der Waals surface area contributed by atoms with Crippen molar-refractivity contribution >= 4 is 17.5 Å². The van der Waals surface area contributed by atoms with E-state index in [0.29, 0.717) is 10.9 Å². The highest BCUT2D eigenvalue weighted by atomic mass is 35.5. The molecule has 27 heavy (non-hydrogen) atoms. The number of rotatable bonds is 6. The van der Waals surface area contributed by atoms with Crippen LogP contribution in [0.5, 0.6) is 0 Å². The normalized spacial score (nSPS) is 21.8. The summed E-state index contributed by atoms with van der Waals surface area (Å²) in [6.07, 6.45) is 8.24. The van der Waals surface area contributed by atoms with Crippen molar-refractivity contribution in [3.8, 4) is 0 Å². The fraction of sp³-hybridized carbons (Fsp3) is 0.524. The molecule has 5 nitrogen and oxygen atoms in total. The summed E-state index contributed by atoms with van der Waals surface area (Å²) >= 11 is 5.99. The van der Waals surface area contributed by atoms with Crippen LogP contribution in [0.15, 0.2) is 36.7 Å². The number of hydrogen-bond acceptors (Lipinski definition) is 3. The van der Waals surface area contributed by atoms with Crippen molar-refractivity contribution in [2.24, 2.45) is 13.0 Å². The summed E-state index contributed by atoms with van der Waals surface area (Å²) in [6.45, 7) is 3.85. The average Bonchev–Trinajstić information content (AvgIpc) is 3.38. The van der Waals surface area contributed by atoms with E-state index in [1.54, 1.807) is 0 Å². The van der Waals surface area contributed by atoms with Crippen molar-refractivity contribution in [1.82, 2.24) is 20.0 Å². The second-order valence-electron chi connectivity index (χ2n) is 8.06. The summed E-state index contributed by atoms with van der Waals surface area (Å²) < 4.78 is 1.85. The van der Waals surface area contributed by atoms with Crippen LogP contribution in [0.1, 0.15) is 36.8 Å². The van der Waals surface area contributed by atoms with Crippen molar-refractivity contribution in [2.75, 3.05) is 19.6 Å². The Hall–Kier alpha value is -1.85. The van der Waals surface area contributed by atoms with E-state index >= 15 is 0 Å². The van der Waals surface area contributed by atoms with Crippen LogP contribution in [-0.2, 0) is 23.8 Å². The van der Waals surface area contributed by atoms with Gasteiger partial charge in [-0.3, -0.25) is 14.4 Å². The third-order valence-corrected chi connectivity index (χ3v) is 6.15. The number of benzene rings is 1. The van der Waals surface area contributed by atoms with Crippen LogP contribution < -0.4 is 5.32 Å². The third-order valence-electron chi connectivity index (χ3n) is 5.90. The molecule has 1 aliphatic carbocycles. The summed E-state index contributed by atoms with van der Waals surface area (Å²) in [5.74, 6) is 0.689. The zero-order valence-corrected chi connectivity index (χ0v) is 16.6. The number of amides is 1. The molecule has 0 bridgehead atoms. The summed E-state index contributed by atoms with van der Waals surface area (Å²) in [4.78, 5) is 15.3. The first kappa shape index (κ1) is 18.5. The molecule has 1 aliphatic heterocycles. The second kappa shape index (κ2) is 7.64. The van der Waals surface area contributed by atoms with E-state index in [0.717, 1.165) is 44.6 Å². The Morgan fingerprint density at radius 1 is 1.33 bits per heavy atom. The molecule has 1 saturated carbocycles.